The molecular weight excluding hydrogens is 563 g/mol. The molecule has 9 nitrogen and oxygen atoms in total. The highest BCUT2D eigenvalue weighted by molar-refractivity contribution is 5.92. The fourth-order valence-electron chi connectivity index (χ4n) is 5.90. The van der Waals surface area contributed by atoms with Gasteiger partial charge in [0.15, 0.2) is 17.3 Å². The first-order valence-electron chi connectivity index (χ1n) is 14.2. The molecule has 0 amide bonds. The van der Waals surface area contributed by atoms with Crippen molar-refractivity contribution in [2.24, 2.45) is 7.05 Å². The molecule has 44 heavy (non-hydrogen) atoms. The first-order valence-corrected chi connectivity index (χ1v) is 14.2. The van der Waals surface area contributed by atoms with Crippen LogP contribution in [0.2, 0.25) is 0 Å². The van der Waals surface area contributed by atoms with Gasteiger partial charge in [0.25, 0.3) is 0 Å². The van der Waals surface area contributed by atoms with E-state index in [1.165, 1.54) is 12.1 Å². The Balaban J connectivity index is 1.21. The lowest BCUT2D eigenvalue weighted by atomic mass is 10.0. The zero-order valence-corrected chi connectivity index (χ0v) is 24.4. The molecule has 2 aromatic heterocycles. The van der Waals surface area contributed by atoms with E-state index in [9.17, 15) is 9.90 Å². The van der Waals surface area contributed by atoms with Crippen molar-refractivity contribution in [3.05, 3.63) is 107 Å². The Morgan fingerprint density at radius 2 is 1.80 bits per heavy atom. The van der Waals surface area contributed by atoms with E-state index in [4.69, 9.17) is 24.2 Å². The Morgan fingerprint density at radius 3 is 2.57 bits per heavy atom. The number of methoxy groups -OCH3 is 1. The summed E-state index contributed by atoms with van der Waals surface area (Å²) in [5.74, 6) is -0.291. The van der Waals surface area contributed by atoms with Gasteiger partial charge in [0.05, 0.1) is 34.2 Å². The van der Waals surface area contributed by atoms with Crippen LogP contribution < -0.4 is 9.47 Å². The molecule has 0 spiro atoms. The van der Waals surface area contributed by atoms with Crippen molar-refractivity contribution in [1.82, 2.24) is 19.1 Å². The van der Waals surface area contributed by atoms with Crippen molar-refractivity contribution in [3.63, 3.8) is 0 Å². The summed E-state index contributed by atoms with van der Waals surface area (Å²) in [6.45, 7) is 2.67. The van der Waals surface area contributed by atoms with Gasteiger partial charge in [-0.3, -0.25) is 0 Å². The number of hydrogen-bond acceptors (Lipinski definition) is 6. The summed E-state index contributed by atoms with van der Waals surface area (Å²) in [4.78, 5) is 21.0. The smallest absolute Gasteiger partial charge is 0.335 e. The second kappa shape index (κ2) is 10.5. The van der Waals surface area contributed by atoms with E-state index in [1.54, 1.807) is 25.3 Å². The number of rotatable bonds is 8. The van der Waals surface area contributed by atoms with Crippen LogP contribution in [0.4, 0.5) is 4.39 Å². The standard InChI is InChI=1S/C34H29FN4O5/c1-34(33-37-25-8-4-5-9-27(25)38(33)2)43-29-10-6-7-23(31(29)44-34)20-11-12-21(24(35)17-20)19-30-36-26-14-13-22(32(40)41)18-28(26)39(30)15-16-42-3/h4-14,17-18H,15-16,19H2,1-3H3,(H,40,41). The number of benzene rings is 4. The third-order valence-electron chi connectivity index (χ3n) is 8.08. The number of fused-ring (bicyclic) bond motifs is 3. The van der Waals surface area contributed by atoms with Gasteiger partial charge in [0.2, 0.25) is 0 Å². The Hall–Kier alpha value is -5.22. The number of imidazole rings is 2. The fraction of sp³-hybridized carbons (Fsp3) is 0.206. The van der Waals surface area contributed by atoms with Crippen LogP contribution in [0.1, 0.15) is 34.5 Å². The van der Waals surface area contributed by atoms with E-state index < -0.39 is 17.6 Å². The number of aryl methyl sites for hydroxylation is 1. The molecule has 222 valence electrons. The monoisotopic (exact) mass is 592 g/mol. The maximum Gasteiger partial charge on any atom is 0.335 e. The summed E-state index contributed by atoms with van der Waals surface area (Å²) in [5, 5.41) is 9.47. The topological polar surface area (TPSA) is 101 Å². The van der Waals surface area contributed by atoms with Crippen molar-refractivity contribution >= 4 is 28.0 Å². The molecule has 0 bridgehead atoms. The van der Waals surface area contributed by atoms with Gasteiger partial charge in [-0.1, -0.05) is 36.4 Å². The molecule has 0 radical (unpaired) electrons. The van der Waals surface area contributed by atoms with Crippen LogP contribution in [0.3, 0.4) is 0 Å². The van der Waals surface area contributed by atoms with Gasteiger partial charge >= 0.3 is 11.8 Å². The predicted octanol–water partition coefficient (Wildman–Crippen LogP) is 6.31. The highest BCUT2D eigenvalue weighted by atomic mass is 19.1. The quantitative estimate of drug-likeness (QED) is 0.221. The van der Waals surface area contributed by atoms with Gasteiger partial charge in [0, 0.05) is 39.6 Å². The number of para-hydroxylation sites is 3. The van der Waals surface area contributed by atoms with Gasteiger partial charge in [0.1, 0.15) is 11.6 Å². The first-order chi connectivity index (χ1) is 21.3. The number of ether oxygens (including phenoxy) is 3. The van der Waals surface area contributed by atoms with Crippen LogP contribution >= 0.6 is 0 Å². The summed E-state index contributed by atoms with van der Waals surface area (Å²) in [6, 6.07) is 23.3. The molecule has 0 fully saturated rings. The molecule has 7 rings (SSSR count). The first kappa shape index (κ1) is 27.6. The number of nitrogens with zero attached hydrogens (tertiary/aromatic N) is 4. The molecular formula is C34H29FN4O5. The second-order valence-electron chi connectivity index (χ2n) is 10.9. The Kier molecular flexibility index (Phi) is 6.58. The van der Waals surface area contributed by atoms with Crippen molar-refractivity contribution in [3.8, 4) is 22.6 Å². The van der Waals surface area contributed by atoms with E-state index in [0.29, 0.717) is 64.0 Å². The van der Waals surface area contributed by atoms with Gasteiger partial charge in [-0.15, -0.1) is 0 Å². The molecule has 0 saturated heterocycles. The summed E-state index contributed by atoms with van der Waals surface area (Å²) in [6.07, 6.45) is 0.213. The van der Waals surface area contributed by atoms with E-state index >= 15 is 4.39 Å². The van der Waals surface area contributed by atoms with E-state index in [0.717, 1.165) is 11.0 Å². The number of aromatic carboxylic acids is 1. The highest BCUT2D eigenvalue weighted by Gasteiger charge is 2.44. The number of carbonyl (C=O) groups is 1. The highest BCUT2D eigenvalue weighted by Crippen LogP contribution is 2.49. The SMILES string of the molecule is COCCn1c(Cc2ccc(-c3cccc4c3OC(C)(c3nc5ccccc5n3C)O4)cc2F)nc2ccc(C(=O)O)cc21. The Morgan fingerprint density at radius 1 is 0.977 bits per heavy atom. The second-order valence-corrected chi connectivity index (χ2v) is 10.9. The normalized spacial score (nSPS) is 15.8. The molecule has 1 aliphatic heterocycles. The number of aromatic nitrogens is 4. The van der Waals surface area contributed by atoms with Crippen LogP contribution in [0.15, 0.2) is 78.9 Å². The predicted molar refractivity (Wildman–Crippen MR) is 163 cm³/mol. The molecule has 1 N–H and O–H groups in total. The van der Waals surface area contributed by atoms with Crippen molar-refractivity contribution in [2.45, 2.75) is 25.7 Å². The van der Waals surface area contributed by atoms with Crippen LogP contribution in [0, 0.1) is 5.82 Å². The van der Waals surface area contributed by atoms with Crippen LogP contribution in [0.5, 0.6) is 11.5 Å². The van der Waals surface area contributed by atoms with E-state index in [2.05, 4.69) is 0 Å². The number of hydrogen-bond donors (Lipinski definition) is 1. The Labute approximate surface area is 252 Å². The summed E-state index contributed by atoms with van der Waals surface area (Å²) >= 11 is 0. The van der Waals surface area contributed by atoms with E-state index in [-0.39, 0.29) is 12.0 Å². The molecule has 10 heteroatoms. The lowest BCUT2D eigenvalue weighted by Crippen LogP contribution is -2.34. The average Bonchev–Trinajstić information content (AvgIpc) is 3.67. The third-order valence-corrected chi connectivity index (χ3v) is 8.08. The molecule has 6 aromatic rings. The molecule has 1 unspecified atom stereocenters. The van der Waals surface area contributed by atoms with E-state index in [1.807, 2.05) is 71.6 Å². The summed E-state index contributed by atoms with van der Waals surface area (Å²) in [7, 11) is 3.52. The lowest BCUT2D eigenvalue weighted by Gasteiger charge is -2.22. The minimum absolute atomic E-state index is 0.159. The summed E-state index contributed by atoms with van der Waals surface area (Å²) < 4.78 is 37.6. The summed E-state index contributed by atoms with van der Waals surface area (Å²) in [5.41, 5.74) is 5.05. The number of halogens is 1. The Bertz CT molecular complexity index is 2080. The van der Waals surface area contributed by atoms with Gasteiger partial charge in [-0.2, -0.15) is 0 Å². The molecule has 0 saturated carbocycles. The minimum Gasteiger partial charge on any atom is -0.478 e. The van der Waals surface area contributed by atoms with Gasteiger partial charge < -0.3 is 28.5 Å². The van der Waals surface area contributed by atoms with Crippen molar-refractivity contribution in [2.75, 3.05) is 13.7 Å². The fourth-order valence-corrected chi connectivity index (χ4v) is 5.90. The van der Waals surface area contributed by atoms with Crippen molar-refractivity contribution in [1.29, 1.82) is 0 Å². The third kappa shape index (κ3) is 4.55. The number of carboxylic acid groups (broad SMARTS) is 1. The molecule has 1 aliphatic rings. The molecule has 3 heterocycles. The average molecular weight is 593 g/mol. The zero-order chi connectivity index (χ0) is 30.6. The largest absolute Gasteiger partial charge is 0.478 e. The van der Waals surface area contributed by atoms with Crippen LogP contribution in [-0.4, -0.2) is 43.9 Å². The van der Waals surface area contributed by atoms with Crippen LogP contribution in [0.25, 0.3) is 33.2 Å². The maximum atomic E-state index is 15.7. The van der Waals surface area contributed by atoms with Crippen molar-refractivity contribution < 1.29 is 28.5 Å². The zero-order valence-electron chi connectivity index (χ0n) is 24.4. The molecule has 0 aliphatic carbocycles. The lowest BCUT2D eigenvalue weighted by molar-refractivity contribution is -0.0771. The van der Waals surface area contributed by atoms with Gasteiger partial charge in [-0.25, -0.2) is 19.2 Å². The minimum atomic E-state index is -1.17. The molecule has 4 aromatic carbocycles. The van der Waals surface area contributed by atoms with Gasteiger partial charge in [-0.05, 0) is 53.6 Å². The van der Waals surface area contributed by atoms with Crippen LogP contribution in [-0.2, 0) is 30.5 Å². The maximum absolute atomic E-state index is 15.7. The molecule has 1 atom stereocenters. The number of carboxylic acids is 1.